The second-order valence-corrected chi connectivity index (χ2v) is 10.1. The number of benzene rings is 1. The van der Waals surface area contributed by atoms with Gasteiger partial charge in [-0.25, -0.2) is 0 Å². The molecule has 0 radical (unpaired) electrons. The third-order valence-corrected chi connectivity index (χ3v) is 6.87. The number of aromatic nitrogens is 1. The van der Waals surface area contributed by atoms with E-state index in [1.807, 2.05) is 68.2 Å². The summed E-state index contributed by atoms with van der Waals surface area (Å²) in [4.78, 5) is 39.2. The van der Waals surface area contributed by atoms with Gasteiger partial charge in [-0.05, 0) is 63.5 Å². The predicted molar refractivity (Wildman–Crippen MR) is 140 cm³/mol. The van der Waals surface area contributed by atoms with E-state index in [2.05, 4.69) is 20.1 Å². The Morgan fingerprint density at radius 2 is 1.94 bits per heavy atom. The van der Waals surface area contributed by atoms with Crippen LogP contribution < -0.4 is 10.2 Å². The maximum absolute atomic E-state index is 13.3. The van der Waals surface area contributed by atoms with Gasteiger partial charge < -0.3 is 24.9 Å². The second kappa shape index (κ2) is 11.1. The van der Waals surface area contributed by atoms with Crippen LogP contribution in [-0.2, 0) is 11.3 Å². The lowest BCUT2D eigenvalue weighted by molar-refractivity contribution is -0.130. The molecule has 1 saturated carbocycles. The third-order valence-electron chi connectivity index (χ3n) is 6.87. The van der Waals surface area contributed by atoms with Crippen LogP contribution in [0.25, 0.3) is 0 Å². The van der Waals surface area contributed by atoms with Crippen LogP contribution in [0.3, 0.4) is 0 Å². The standard InChI is InChI=1S/C27H38N6O2/c1-20-7-6-12-28-24(20)19-32(15-13-30(2)3)25(34)17-29-23-9-5-8-22-26(23)31(4)14-16-33(27(22)35)18-21-10-11-21/h5-9,12,21,29H,10-11,13-19H2,1-4H3. The van der Waals surface area contributed by atoms with Gasteiger partial charge in [-0.1, -0.05) is 12.1 Å². The minimum atomic E-state index is 0.00691. The molecule has 35 heavy (non-hydrogen) atoms. The van der Waals surface area contributed by atoms with Gasteiger partial charge in [0.15, 0.2) is 0 Å². The lowest BCUT2D eigenvalue weighted by atomic mass is 10.1. The van der Waals surface area contributed by atoms with Crippen LogP contribution in [0.5, 0.6) is 0 Å². The highest BCUT2D eigenvalue weighted by atomic mass is 16.2. The van der Waals surface area contributed by atoms with Gasteiger partial charge in [0.2, 0.25) is 5.91 Å². The molecule has 8 nitrogen and oxygen atoms in total. The Morgan fingerprint density at radius 3 is 2.66 bits per heavy atom. The molecule has 0 saturated heterocycles. The number of carbonyl (C=O) groups is 2. The largest absolute Gasteiger partial charge is 0.374 e. The highest BCUT2D eigenvalue weighted by Gasteiger charge is 2.31. The Kier molecular flexibility index (Phi) is 7.90. The van der Waals surface area contributed by atoms with Crippen molar-refractivity contribution in [1.29, 1.82) is 0 Å². The summed E-state index contributed by atoms with van der Waals surface area (Å²) in [6.45, 7) is 6.37. The SMILES string of the molecule is Cc1cccnc1CN(CCN(C)C)C(=O)CNc1cccc2c1N(C)CCN(CC1CC1)C2=O. The van der Waals surface area contributed by atoms with Gasteiger partial charge in [0.1, 0.15) is 0 Å². The van der Waals surface area contributed by atoms with Crippen LogP contribution in [0, 0.1) is 12.8 Å². The van der Waals surface area contributed by atoms with Crippen molar-refractivity contribution in [1.82, 2.24) is 19.7 Å². The molecule has 1 aromatic carbocycles. The number of pyridine rings is 1. The van der Waals surface area contributed by atoms with Crippen molar-refractivity contribution in [3.63, 3.8) is 0 Å². The lowest BCUT2D eigenvalue weighted by Crippen LogP contribution is -2.39. The Labute approximate surface area is 208 Å². The minimum absolute atomic E-state index is 0.00691. The monoisotopic (exact) mass is 478 g/mol. The molecule has 0 unspecified atom stereocenters. The molecule has 188 valence electrons. The number of amides is 2. The van der Waals surface area contributed by atoms with Crippen molar-refractivity contribution >= 4 is 23.2 Å². The molecule has 8 heteroatoms. The van der Waals surface area contributed by atoms with Gasteiger partial charge in [-0.15, -0.1) is 0 Å². The number of hydrogen-bond donors (Lipinski definition) is 1. The molecule has 2 amide bonds. The first-order valence-electron chi connectivity index (χ1n) is 12.5. The summed E-state index contributed by atoms with van der Waals surface area (Å²) in [5.74, 6) is 0.748. The smallest absolute Gasteiger partial charge is 0.256 e. The quantitative estimate of drug-likeness (QED) is 0.566. The molecule has 2 aromatic rings. The van der Waals surface area contributed by atoms with E-state index in [9.17, 15) is 9.59 Å². The maximum atomic E-state index is 13.3. The second-order valence-electron chi connectivity index (χ2n) is 10.1. The first kappa shape index (κ1) is 25.0. The fourth-order valence-electron chi connectivity index (χ4n) is 4.47. The molecule has 1 aliphatic carbocycles. The summed E-state index contributed by atoms with van der Waals surface area (Å²) in [5.41, 5.74) is 4.39. The van der Waals surface area contributed by atoms with Crippen molar-refractivity contribution in [2.75, 3.05) is 70.6 Å². The number of nitrogens with one attached hydrogen (secondary N) is 1. The summed E-state index contributed by atoms with van der Waals surface area (Å²) in [7, 11) is 6.03. The Morgan fingerprint density at radius 1 is 1.14 bits per heavy atom. The van der Waals surface area contributed by atoms with E-state index in [0.29, 0.717) is 24.6 Å². The zero-order valence-electron chi connectivity index (χ0n) is 21.5. The maximum Gasteiger partial charge on any atom is 0.256 e. The van der Waals surface area contributed by atoms with Gasteiger partial charge in [-0.2, -0.15) is 0 Å². The molecular weight excluding hydrogens is 440 g/mol. The molecule has 1 aliphatic heterocycles. The normalized spacial score (nSPS) is 15.7. The number of carbonyl (C=O) groups excluding carboxylic acids is 2. The van der Waals surface area contributed by atoms with Crippen molar-refractivity contribution in [3.8, 4) is 0 Å². The topological polar surface area (TPSA) is 72.0 Å². The number of likely N-dealkylation sites (N-methyl/N-ethyl adjacent to an activating group) is 2. The average Bonchev–Trinajstić information content (AvgIpc) is 3.67. The van der Waals surface area contributed by atoms with Crippen LogP contribution in [0.15, 0.2) is 36.5 Å². The average molecular weight is 479 g/mol. The number of hydrogen-bond acceptors (Lipinski definition) is 6. The van der Waals surface area contributed by atoms with Gasteiger partial charge in [0.05, 0.1) is 35.7 Å². The van der Waals surface area contributed by atoms with Crippen LogP contribution in [0.2, 0.25) is 0 Å². The van der Waals surface area contributed by atoms with E-state index in [1.54, 1.807) is 6.20 Å². The van der Waals surface area contributed by atoms with Crippen LogP contribution in [0.1, 0.15) is 34.5 Å². The summed E-state index contributed by atoms with van der Waals surface area (Å²) >= 11 is 0. The number of fused-ring (bicyclic) bond motifs is 1. The van der Waals surface area contributed by atoms with Crippen LogP contribution in [-0.4, -0.2) is 91.9 Å². The third kappa shape index (κ3) is 6.31. The molecule has 1 N–H and O–H groups in total. The fourth-order valence-corrected chi connectivity index (χ4v) is 4.47. The summed E-state index contributed by atoms with van der Waals surface area (Å²) in [6, 6.07) is 9.70. The summed E-state index contributed by atoms with van der Waals surface area (Å²) < 4.78 is 0. The molecule has 2 aliphatic rings. The van der Waals surface area contributed by atoms with Crippen molar-refractivity contribution < 1.29 is 9.59 Å². The minimum Gasteiger partial charge on any atom is -0.374 e. The summed E-state index contributed by atoms with van der Waals surface area (Å²) in [6.07, 6.45) is 4.21. The Balaban J connectivity index is 1.49. The Bertz CT molecular complexity index is 1050. The van der Waals surface area contributed by atoms with Gasteiger partial charge in [0.25, 0.3) is 5.91 Å². The molecule has 2 heterocycles. The van der Waals surface area contributed by atoms with E-state index in [1.165, 1.54) is 12.8 Å². The first-order chi connectivity index (χ1) is 16.8. The fraction of sp³-hybridized carbons (Fsp3) is 0.519. The zero-order valence-corrected chi connectivity index (χ0v) is 21.5. The molecule has 0 atom stereocenters. The molecule has 4 rings (SSSR count). The van der Waals surface area contributed by atoms with E-state index in [4.69, 9.17) is 0 Å². The number of anilines is 2. The van der Waals surface area contributed by atoms with Crippen molar-refractivity contribution in [2.24, 2.45) is 5.92 Å². The first-order valence-corrected chi connectivity index (χ1v) is 12.5. The van der Waals surface area contributed by atoms with Crippen LogP contribution >= 0.6 is 0 Å². The summed E-state index contributed by atoms with van der Waals surface area (Å²) in [5, 5.41) is 3.35. The Hall–Kier alpha value is -3.13. The molecule has 0 spiro atoms. The predicted octanol–water partition coefficient (Wildman–Crippen LogP) is 2.69. The van der Waals surface area contributed by atoms with Gasteiger partial charge in [-0.3, -0.25) is 14.6 Å². The van der Waals surface area contributed by atoms with Gasteiger partial charge >= 0.3 is 0 Å². The number of nitrogens with zero attached hydrogens (tertiary/aromatic N) is 5. The number of para-hydroxylation sites is 1. The zero-order chi connectivity index (χ0) is 24.9. The van der Waals surface area contributed by atoms with Gasteiger partial charge in [0, 0.05) is 46.0 Å². The number of aryl methyl sites for hydroxylation is 1. The van der Waals surface area contributed by atoms with Crippen molar-refractivity contribution in [3.05, 3.63) is 53.3 Å². The molecule has 1 aromatic heterocycles. The van der Waals surface area contributed by atoms with E-state index < -0.39 is 0 Å². The molecular formula is C27H38N6O2. The van der Waals surface area contributed by atoms with E-state index in [0.717, 1.165) is 48.8 Å². The van der Waals surface area contributed by atoms with E-state index in [-0.39, 0.29) is 18.4 Å². The van der Waals surface area contributed by atoms with Crippen LogP contribution in [0.4, 0.5) is 11.4 Å². The highest BCUT2D eigenvalue weighted by Crippen LogP contribution is 2.35. The molecule has 1 fully saturated rings. The number of rotatable bonds is 10. The van der Waals surface area contributed by atoms with E-state index >= 15 is 0 Å². The van der Waals surface area contributed by atoms with Crippen molar-refractivity contribution in [2.45, 2.75) is 26.3 Å². The highest BCUT2D eigenvalue weighted by molar-refractivity contribution is 6.03. The molecule has 0 bridgehead atoms. The lowest BCUT2D eigenvalue weighted by Gasteiger charge is -2.26.